The van der Waals surface area contributed by atoms with Crippen LogP contribution in [0.25, 0.3) is 5.69 Å². The lowest BCUT2D eigenvalue weighted by molar-refractivity contribution is 0.196. The number of methoxy groups -OCH3 is 1. The third-order valence-electron chi connectivity index (χ3n) is 3.10. The Morgan fingerprint density at radius 2 is 2.25 bits per heavy atom. The van der Waals surface area contributed by atoms with E-state index in [1.807, 2.05) is 32.0 Å². The highest BCUT2D eigenvalue weighted by Crippen LogP contribution is 2.23. The summed E-state index contributed by atoms with van der Waals surface area (Å²) in [5.41, 5.74) is 2.07. The van der Waals surface area contributed by atoms with Crippen molar-refractivity contribution in [3.63, 3.8) is 0 Å². The molecule has 0 spiro atoms. The Labute approximate surface area is 126 Å². The van der Waals surface area contributed by atoms with E-state index in [1.165, 1.54) is 0 Å². The predicted molar refractivity (Wildman–Crippen MR) is 79.9 cm³/mol. The van der Waals surface area contributed by atoms with Crippen LogP contribution in [0.1, 0.15) is 24.4 Å². The van der Waals surface area contributed by atoms with Crippen molar-refractivity contribution in [2.75, 3.05) is 20.3 Å². The Hall–Kier alpha value is -1.31. The molecule has 1 aromatic carbocycles. The number of tetrazole rings is 1. The summed E-state index contributed by atoms with van der Waals surface area (Å²) in [5.74, 6) is 0.780. The fourth-order valence-electron chi connectivity index (χ4n) is 1.93. The van der Waals surface area contributed by atoms with Crippen LogP contribution in [0.2, 0.25) is 0 Å². The number of nitrogens with zero attached hydrogens (tertiary/aromatic N) is 4. The van der Waals surface area contributed by atoms with Crippen LogP contribution in [0.15, 0.2) is 22.7 Å². The summed E-state index contributed by atoms with van der Waals surface area (Å²) in [6, 6.07) is 6.02. The number of nitrogens with one attached hydrogen (secondary N) is 1. The quantitative estimate of drug-likeness (QED) is 0.815. The molecule has 0 aliphatic rings. The fraction of sp³-hybridized carbons (Fsp3) is 0.462. The molecule has 6 nitrogen and oxygen atoms in total. The number of benzene rings is 1. The average molecular weight is 340 g/mol. The predicted octanol–water partition coefficient (Wildman–Crippen LogP) is 2.03. The van der Waals surface area contributed by atoms with Gasteiger partial charge in [-0.2, -0.15) is 4.68 Å². The van der Waals surface area contributed by atoms with Crippen LogP contribution in [0.4, 0.5) is 0 Å². The van der Waals surface area contributed by atoms with Crippen molar-refractivity contribution < 1.29 is 4.74 Å². The van der Waals surface area contributed by atoms with Crippen molar-refractivity contribution in [3.05, 3.63) is 34.1 Å². The second-order valence-corrected chi connectivity index (χ2v) is 5.36. The zero-order chi connectivity index (χ0) is 14.5. The molecule has 0 bridgehead atoms. The summed E-state index contributed by atoms with van der Waals surface area (Å²) in [5, 5.41) is 15.4. The van der Waals surface area contributed by atoms with E-state index in [9.17, 15) is 0 Å². The maximum atomic E-state index is 5.03. The summed E-state index contributed by atoms with van der Waals surface area (Å²) >= 11 is 3.53. The van der Waals surface area contributed by atoms with Gasteiger partial charge in [-0.15, -0.1) is 5.10 Å². The molecule has 2 aromatic rings. The molecule has 1 aromatic heterocycles. The molecule has 0 aliphatic carbocycles. The minimum Gasteiger partial charge on any atom is -0.383 e. The molecule has 0 aliphatic heterocycles. The number of rotatable bonds is 6. The smallest absolute Gasteiger partial charge is 0.173 e. The summed E-state index contributed by atoms with van der Waals surface area (Å²) in [6.45, 7) is 5.48. The zero-order valence-electron chi connectivity index (χ0n) is 11.8. The largest absolute Gasteiger partial charge is 0.383 e. The Balaban J connectivity index is 2.26. The van der Waals surface area contributed by atoms with Gasteiger partial charge in [0.2, 0.25) is 0 Å². The highest BCUT2D eigenvalue weighted by atomic mass is 79.9. The molecule has 0 amide bonds. The molecule has 0 saturated carbocycles. The van der Waals surface area contributed by atoms with E-state index in [0.29, 0.717) is 6.61 Å². The molecule has 1 heterocycles. The van der Waals surface area contributed by atoms with E-state index in [4.69, 9.17) is 4.74 Å². The Morgan fingerprint density at radius 3 is 3.00 bits per heavy atom. The summed E-state index contributed by atoms with van der Waals surface area (Å²) in [4.78, 5) is 0. The zero-order valence-corrected chi connectivity index (χ0v) is 13.4. The molecule has 20 heavy (non-hydrogen) atoms. The van der Waals surface area contributed by atoms with Crippen molar-refractivity contribution in [2.24, 2.45) is 0 Å². The highest BCUT2D eigenvalue weighted by Gasteiger charge is 2.16. The van der Waals surface area contributed by atoms with Crippen molar-refractivity contribution in [2.45, 2.75) is 19.9 Å². The van der Waals surface area contributed by atoms with Gasteiger partial charge in [-0.1, -0.05) is 22.0 Å². The molecule has 108 valence electrons. The monoisotopic (exact) mass is 339 g/mol. The normalized spacial score (nSPS) is 12.6. The molecule has 1 unspecified atom stereocenters. The van der Waals surface area contributed by atoms with Gasteiger partial charge in [0.05, 0.1) is 18.3 Å². The molecule has 2 rings (SSSR count). The highest BCUT2D eigenvalue weighted by molar-refractivity contribution is 9.10. The molecule has 0 fully saturated rings. The summed E-state index contributed by atoms with van der Waals surface area (Å²) in [7, 11) is 1.68. The lowest BCUT2D eigenvalue weighted by Crippen LogP contribution is -2.25. The van der Waals surface area contributed by atoms with E-state index in [2.05, 4.69) is 36.8 Å². The molecular formula is C13H18BrN5O. The third kappa shape index (κ3) is 3.23. The van der Waals surface area contributed by atoms with Crippen LogP contribution in [0.3, 0.4) is 0 Å². The number of hydrogen-bond donors (Lipinski definition) is 1. The minimum atomic E-state index is 0.0403. The number of ether oxygens (including phenoxy) is 1. The Bertz CT molecular complexity index is 572. The van der Waals surface area contributed by atoms with Gasteiger partial charge < -0.3 is 10.1 Å². The minimum absolute atomic E-state index is 0.0403. The molecular weight excluding hydrogens is 322 g/mol. The van der Waals surface area contributed by atoms with Gasteiger partial charge >= 0.3 is 0 Å². The van der Waals surface area contributed by atoms with Crippen LogP contribution >= 0.6 is 15.9 Å². The van der Waals surface area contributed by atoms with Crippen molar-refractivity contribution in [1.82, 2.24) is 25.5 Å². The molecule has 1 N–H and O–H groups in total. The SMILES string of the molecule is COCCNC(C)c1nnnn1-c1cccc(Br)c1C. The van der Waals surface area contributed by atoms with Crippen LogP contribution < -0.4 is 5.32 Å². The first kappa shape index (κ1) is 15.1. The summed E-state index contributed by atoms with van der Waals surface area (Å²) < 4.78 is 7.84. The first-order valence-corrected chi connectivity index (χ1v) is 7.20. The Morgan fingerprint density at radius 1 is 1.45 bits per heavy atom. The number of aromatic nitrogens is 4. The van der Waals surface area contributed by atoms with E-state index < -0.39 is 0 Å². The first-order valence-electron chi connectivity index (χ1n) is 6.41. The second-order valence-electron chi connectivity index (χ2n) is 4.50. The first-order chi connectivity index (χ1) is 9.65. The molecule has 7 heteroatoms. The van der Waals surface area contributed by atoms with Gasteiger partial charge in [0.25, 0.3) is 0 Å². The van der Waals surface area contributed by atoms with Gasteiger partial charge in [0, 0.05) is 18.1 Å². The second kappa shape index (κ2) is 6.92. The average Bonchev–Trinajstić information content (AvgIpc) is 2.91. The van der Waals surface area contributed by atoms with Crippen LogP contribution in [0, 0.1) is 6.92 Å². The van der Waals surface area contributed by atoms with E-state index in [-0.39, 0.29) is 6.04 Å². The fourth-order valence-corrected chi connectivity index (χ4v) is 2.29. The van der Waals surface area contributed by atoms with Crippen LogP contribution in [0.5, 0.6) is 0 Å². The Kier molecular flexibility index (Phi) is 5.22. The molecule has 1 atom stereocenters. The van der Waals surface area contributed by atoms with Crippen molar-refractivity contribution >= 4 is 15.9 Å². The van der Waals surface area contributed by atoms with E-state index in [1.54, 1.807) is 11.8 Å². The number of halogens is 1. The van der Waals surface area contributed by atoms with Gasteiger partial charge in [0.15, 0.2) is 5.82 Å². The molecule has 0 saturated heterocycles. The van der Waals surface area contributed by atoms with Gasteiger partial charge in [-0.05, 0) is 42.0 Å². The molecule has 0 radical (unpaired) electrons. The maximum absolute atomic E-state index is 5.03. The van der Waals surface area contributed by atoms with Crippen molar-refractivity contribution in [1.29, 1.82) is 0 Å². The topological polar surface area (TPSA) is 64.9 Å². The van der Waals surface area contributed by atoms with E-state index >= 15 is 0 Å². The van der Waals surface area contributed by atoms with E-state index in [0.717, 1.165) is 28.1 Å². The maximum Gasteiger partial charge on any atom is 0.173 e. The van der Waals surface area contributed by atoms with Gasteiger partial charge in [-0.25, -0.2) is 0 Å². The van der Waals surface area contributed by atoms with Crippen LogP contribution in [-0.4, -0.2) is 40.5 Å². The van der Waals surface area contributed by atoms with Crippen LogP contribution in [-0.2, 0) is 4.74 Å². The standard InChI is InChI=1S/C13H18BrN5O/c1-9-11(14)5-4-6-12(9)19-13(16-17-18-19)10(2)15-7-8-20-3/h4-6,10,15H,7-8H2,1-3H3. The summed E-state index contributed by atoms with van der Waals surface area (Å²) in [6.07, 6.45) is 0. The van der Waals surface area contributed by atoms with Gasteiger partial charge in [-0.3, -0.25) is 0 Å². The van der Waals surface area contributed by atoms with Gasteiger partial charge in [0.1, 0.15) is 0 Å². The lowest BCUT2D eigenvalue weighted by Gasteiger charge is -2.14. The lowest BCUT2D eigenvalue weighted by atomic mass is 10.2. The third-order valence-corrected chi connectivity index (χ3v) is 3.96. The number of hydrogen-bond acceptors (Lipinski definition) is 5. The van der Waals surface area contributed by atoms with Crippen molar-refractivity contribution in [3.8, 4) is 5.69 Å².